The molecule has 0 fully saturated rings. The lowest BCUT2D eigenvalue weighted by Crippen LogP contribution is -2.30. The summed E-state index contributed by atoms with van der Waals surface area (Å²) in [5.74, 6) is 0.351. The Bertz CT molecular complexity index is 787. The van der Waals surface area contributed by atoms with Crippen molar-refractivity contribution in [3.05, 3.63) is 41.4 Å². The number of benzene rings is 1. The second kappa shape index (κ2) is 6.76. The third-order valence-corrected chi connectivity index (χ3v) is 4.75. The highest BCUT2D eigenvalue weighted by atomic mass is 32.2. The predicted octanol–water partition coefficient (Wildman–Crippen LogP) is 2.89. The zero-order valence-electron chi connectivity index (χ0n) is 13.5. The van der Waals surface area contributed by atoms with Crippen LogP contribution < -0.4 is 4.72 Å². The van der Waals surface area contributed by atoms with Crippen LogP contribution in [-0.2, 0) is 10.0 Å². The van der Waals surface area contributed by atoms with E-state index in [2.05, 4.69) is 14.9 Å². The van der Waals surface area contributed by atoms with E-state index in [9.17, 15) is 12.8 Å². The molecule has 0 radical (unpaired) electrons. The van der Waals surface area contributed by atoms with E-state index in [0.29, 0.717) is 12.3 Å². The van der Waals surface area contributed by atoms with E-state index in [0.717, 1.165) is 6.07 Å². The summed E-state index contributed by atoms with van der Waals surface area (Å²) in [4.78, 5) is 0.00129. The number of sulfonamides is 1. The number of hydrogen-bond donors (Lipinski definition) is 1. The number of nitrogens with one attached hydrogen (secondary N) is 1. The van der Waals surface area contributed by atoms with Crippen molar-refractivity contribution in [2.45, 2.75) is 45.1 Å². The molecule has 8 heteroatoms. The van der Waals surface area contributed by atoms with Crippen LogP contribution in [0.1, 0.15) is 43.7 Å². The Kier molecular flexibility index (Phi) is 5.16. The fourth-order valence-corrected chi connectivity index (χ4v) is 3.45. The topological polar surface area (TPSA) is 85.1 Å². The van der Waals surface area contributed by atoms with Crippen molar-refractivity contribution >= 4 is 10.0 Å². The van der Waals surface area contributed by atoms with Crippen molar-refractivity contribution in [1.82, 2.24) is 14.9 Å². The summed E-state index contributed by atoms with van der Waals surface area (Å²) in [5.41, 5.74) is 0.266. The van der Waals surface area contributed by atoms with Crippen molar-refractivity contribution in [3.63, 3.8) is 0 Å². The van der Waals surface area contributed by atoms with Gasteiger partial charge in [-0.05, 0) is 43.0 Å². The maximum absolute atomic E-state index is 13.3. The van der Waals surface area contributed by atoms with Crippen molar-refractivity contribution < 1.29 is 17.2 Å². The van der Waals surface area contributed by atoms with E-state index in [1.54, 1.807) is 6.92 Å². The zero-order valence-corrected chi connectivity index (χ0v) is 14.3. The van der Waals surface area contributed by atoms with Crippen LogP contribution in [0.15, 0.2) is 27.5 Å². The van der Waals surface area contributed by atoms with Gasteiger partial charge in [0.25, 0.3) is 0 Å². The second-order valence-corrected chi connectivity index (χ2v) is 7.59. The van der Waals surface area contributed by atoms with Gasteiger partial charge in [-0.15, -0.1) is 10.2 Å². The van der Waals surface area contributed by atoms with Crippen LogP contribution in [0.25, 0.3) is 0 Å². The van der Waals surface area contributed by atoms with Gasteiger partial charge in [-0.3, -0.25) is 0 Å². The molecule has 2 rings (SSSR count). The average Bonchev–Trinajstić information content (AvgIpc) is 2.87. The Labute approximate surface area is 135 Å². The van der Waals surface area contributed by atoms with Gasteiger partial charge in [-0.25, -0.2) is 12.8 Å². The van der Waals surface area contributed by atoms with E-state index in [1.165, 1.54) is 19.1 Å². The number of aromatic nitrogens is 2. The molecule has 0 aliphatic rings. The van der Waals surface area contributed by atoms with Gasteiger partial charge in [0.2, 0.25) is 21.8 Å². The molecule has 0 aliphatic heterocycles. The molecule has 1 heterocycles. The molecule has 2 aromatic rings. The molecule has 0 aliphatic carbocycles. The van der Waals surface area contributed by atoms with Gasteiger partial charge in [-0.1, -0.05) is 13.8 Å². The number of halogens is 1. The van der Waals surface area contributed by atoms with Gasteiger partial charge in [0.1, 0.15) is 11.9 Å². The van der Waals surface area contributed by atoms with Crippen molar-refractivity contribution in [1.29, 1.82) is 0 Å². The smallest absolute Gasteiger partial charge is 0.241 e. The molecule has 0 bridgehead atoms. The Morgan fingerprint density at radius 2 is 1.96 bits per heavy atom. The first-order chi connectivity index (χ1) is 10.7. The predicted molar refractivity (Wildman–Crippen MR) is 82.7 cm³/mol. The first-order valence-electron chi connectivity index (χ1n) is 7.27. The second-order valence-electron chi connectivity index (χ2n) is 5.87. The van der Waals surface area contributed by atoms with Crippen LogP contribution in [-0.4, -0.2) is 18.6 Å². The molecule has 0 saturated heterocycles. The number of aryl methyl sites for hydroxylation is 2. The van der Waals surface area contributed by atoms with Crippen LogP contribution in [0.4, 0.5) is 4.39 Å². The van der Waals surface area contributed by atoms with Crippen molar-refractivity contribution in [3.8, 4) is 0 Å². The summed E-state index contributed by atoms with van der Waals surface area (Å²) >= 11 is 0. The Hall–Kier alpha value is -1.80. The van der Waals surface area contributed by atoms with E-state index in [-0.39, 0.29) is 22.3 Å². The Morgan fingerprint density at radius 3 is 2.48 bits per heavy atom. The summed E-state index contributed by atoms with van der Waals surface area (Å²) in [6, 6.07) is 3.03. The Balaban J connectivity index is 2.31. The normalized spacial score (nSPS) is 13.5. The highest BCUT2D eigenvalue weighted by Crippen LogP contribution is 2.23. The molecular weight excluding hydrogens is 321 g/mol. The molecule has 1 unspecified atom stereocenters. The number of rotatable bonds is 6. The minimum atomic E-state index is -3.83. The SMILES string of the molecule is Cc1nnc(C(CC(C)C)NS(=O)(=O)c2ccc(F)c(C)c2)o1. The van der Waals surface area contributed by atoms with E-state index >= 15 is 0 Å². The van der Waals surface area contributed by atoms with Crippen LogP contribution in [0, 0.1) is 25.6 Å². The lowest BCUT2D eigenvalue weighted by atomic mass is 10.0. The highest BCUT2D eigenvalue weighted by molar-refractivity contribution is 7.89. The van der Waals surface area contributed by atoms with Gasteiger partial charge in [0.05, 0.1) is 4.90 Å². The van der Waals surface area contributed by atoms with Crippen LogP contribution in [0.2, 0.25) is 0 Å². The third kappa shape index (κ3) is 4.35. The molecule has 1 N–H and O–H groups in total. The first kappa shape index (κ1) is 17.6. The summed E-state index contributed by atoms with van der Waals surface area (Å²) in [7, 11) is -3.83. The number of nitrogens with zero attached hydrogens (tertiary/aromatic N) is 2. The molecular formula is C15H20FN3O3S. The maximum atomic E-state index is 13.3. The van der Waals surface area contributed by atoms with Crippen LogP contribution in [0.5, 0.6) is 0 Å². The van der Waals surface area contributed by atoms with Gasteiger partial charge < -0.3 is 4.42 Å². The van der Waals surface area contributed by atoms with E-state index < -0.39 is 21.9 Å². The minimum Gasteiger partial charge on any atom is -0.424 e. The van der Waals surface area contributed by atoms with E-state index in [1.807, 2.05) is 13.8 Å². The summed E-state index contributed by atoms with van der Waals surface area (Å²) in [6.07, 6.45) is 0.501. The minimum absolute atomic E-state index is 0.00129. The summed E-state index contributed by atoms with van der Waals surface area (Å²) < 4.78 is 46.4. The first-order valence-corrected chi connectivity index (χ1v) is 8.76. The van der Waals surface area contributed by atoms with Gasteiger partial charge in [0.15, 0.2) is 0 Å². The fourth-order valence-electron chi connectivity index (χ4n) is 2.16. The van der Waals surface area contributed by atoms with E-state index in [4.69, 9.17) is 4.42 Å². The standard InChI is InChI=1S/C15H20FN3O3S/c1-9(2)7-14(15-18-17-11(4)22-15)19-23(20,21)12-5-6-13(16)10(3)8-12/h5-6,8-9,14,19H,7H2,1-4H3. The average molecular weight is 341 g/mol. The third-order valence-electron chi connectivity index (χ3n) is 3.28. The maximum Gasteiger partial charge on any atom is 0.241 e. The highest BCUT2D eigenvalue weighted by Gasteiger charge is 2.26. The molecule has 6 nitrogen and oxygen atoms in total. The molecule has 1 aromatic heterocycles. The molecule has 23 heavy (non-hydrogen) atoms. The lowest BCUT2D eigenvalue weighted by molar-refractivity contribution is 0.372. The monoisotopic (exact) mass is 341 g/mol. The van der Waals surface area contributed by atoms with Crippen molar-refractivity contribution in [2.24, 2.45) is 5.92 Å². The zero-order chi connectivity index (χ0) is 17.2. The fraction of sp³-hybridized carbons (Fsp3) is 0.467. The quantitative estimate of drug-likeness (QED) is 0.873. The largest absolute Gasteiger partial charge is 0.424 e. The molecule has 0 amide bonds. The molecule has 126 valence electrons. The van der Waals surface area contributed by atoms with Gasteiger partial charge >= 0.3 is 0 Å². The molecule has 1 aromatic carbocycles. The van der Waals surface area contributed by atoms with Crippen molar-refractivity contribution in [2.75, 3.05) is 0 Å². The van der Waals surface area contributed by atoms with Crippen LogP contribution >= 0.6 is 0 Å². The number of hydrogen-bond acceptors (Lipinski definition) is 5. The van der Waals surface area contributed by atoms with Gasteiger partial charge in [0, 0.05) is 6.92 Å². The molecule has 0 saturated carbocycles. The summed E-state index contributed by atoms with van der Waals surface area (Å²) in [6.45, 7) is 7.08. The Morgan fingerprint density at radius 1 is 1.26 bits per heavy atom. The van der Waals surface area contributed by atoms with Gasteiger partial charge in [-0.2, -0.15) is 4.72 Å². The molecule has 0 spiro atoms. The summed E-state index contributed by atoms with van der Waals surface area (Å²) in [5, 5.41) is 7.65. The van der Waals surface area contributed by atoms with Crippen LogP contribution in [0.3, 0.4) is 0 Å². The lowest BCUT2D eigenvalue weighted by Gasteiger charge is -2.17. The molecule has 1 atom stereocenters.